The molecule has 2 aromatic heterocycles. The Morgan fingerprint density at radius 3 is 2.71 bits per heavy atom. The maximum absolute atomic E-state index is 10.2. The lowest BCUT2D eigenvalue weighted by molar-refractivity contribution is -0.181. The van der Waals surface area contributed by atoms with E-state index in [2.05, 4.69) is 15.3 Å². The van der Waals surface area contributed by atoms with Crippen LogP contribution >= 0.6 is 11.6 Å². The lowest BCUT2D eigenvalue weighted by Crippen LogP contribution is -2.39. The molecule has 0 radical (unpaired) electrons. The second-order valence-corrected chi connectivity index (χ2v) is 6.94. The quantitative estimate of drug-likeness (QED) is 0.520. The van der Waals surface area contributed by atoms with Crippen LogP contribution in [0.5, 0.6) is 0 Å². The average molecular weight is 357 g/mol. The van der Waals surface area contributed by atoms with Gasteiger partial charge in [0.25, 0.3) is 0 Å². The summed E-state index contributed by atoms with van der Waals surface area (Å²) >= 11 is 5.90. The number of ether oxygens (including phenoxy) is 1. The molecule has 0 amide bonds. The highest BCUT2D eigenvalue weighted by atomic mass is 35.5. The fourth-order valence-electron chi connectivity index (χ4n) is 2.44. The maximum Gasteiger partial charge on any atom is 0.224 e. The first-order valence-corrected chi connectivity index (χ1v) is 8.38. The number of aliphatic hydroxyl groups is 2. The van der Waals surface area contributed by atoms with Crippen LogP contribution in [0.1, 0.15) is 45.9 Å². The van der Waals surface area contributed by atoms with Gasteiger partial charge < -0.3 is 19.5 Å². The zero-order valence-electron chi connectivity index (χ0n) is 14.5. The van der Waals surface area contributed by atoms with Gasteiger partial charge in [-0.15, -0.1) is 0 Å². The SMILES string of the molecule is CCC(O)c1cc2cnc(Cl)nc2n1CCNC(O)OC(C)(C)C. The van der Waals surface area contributed by atoms with E-state index >= 15 is 0 Å². The highest BCUT2D eigenvalue weighted by molar-refractivity contribution is 6.28. The first kappa shape index (κ1) is 19.1. The molecule has 0 fully saturated rings. The topological polar surface area (TPSA) is 92.4 Å². The fourth-order valence-corrected chi connectivity index (χ4v) is 2.56. The summed E-state index contributed by atoms with van der Waals surface area (Å²) in [6.45, 7) is 8.44. The van der Waals surface area contributed by atoms with Gasteiger partial charge in [0.05, 0.1) is 11.7 Å². The minimum atomic E-state index is -1.07. The molecule has 0 aliphatic heterocycles. The second kappa shape index (κ2) is 7.76. The molecule has 0 saturated carbocycles. The third-order valence-electron chi connectivity index (χ3n) is 3.48. The summed E-state index contributed by atoms with van der Waals surface area (Å²) in [5, 5.41) is 24.0. The van der Waals surface area contributed by atoms with Gasteiger partial charge in [0, 0.05) is 30.4 Å². The smallest absolute Gasteiger partial charge is 0.224 e. The van der Waals surface area contributed by atoms with Crippen molar-refractivity contribution in [3.63, 3.8) is 0 Å². The number of nitrogens with zero attached hydrogens (tertiary/aromatic N) is 3. The van der Waals surface area contributed by atoms with Crippen molar-refractivity contribution in [1.82, 2.24) is 19.9 Å². The molecule has 24 heavy (non-hydrogen) atoms. The third-order valence-corrected chi connectivity index (χ3v) is 3.67. The molecule has 134 valence electrons. The summed E-state index contributed by atoms with van der Waals surface area (Å²) in [6, 6.07) is 1.86. The van der Waals surface area contributed by atoms with Crippen LogP contribution in [0.25, 0.3) is 11.0 Å². The first-order chi connectivity index (χ1) is 11.2. The van der Waals surface area contributed by atoms with E-state index in [4.69, 9.17) is 16.3 Å². The van der Waals surface area contributed by atoms with E-state index in [0.717, 1.165) is 11.1 Å². The minimum absolute atomic E-state index is 0.156. The van der Waals surface area contributed by atoms with E-state index in [9.17, 15) is 10.2 Å². The molecular weight excluding hydrogens is 332 g/mol. The second-order valence-electron chi connectivity index (χ2n) is 6.60. The Kier molecular flexibility index (Phi) is 6.17. The molecule has 2 aromatic rings. The van der Waals surface area contributed by atoms with Gasteiger partial charge in [0.1, 0.15) is 5.65 Å². The number of hydrogen-bond donors (Lipinski definition) is 3. The molecule has 0 saturated heterocycles. The monoisotopic (exact) mass is 356 g/mol. The Labute approximate surface area is 146 Å². The summed E-state index contributed by atoms with van der Waals surface area (Å²) in [5.41, 5.74) is 0.958. The number of fused-ring (bicyclic) bond motifs is 1. The predicted molar refractivity (Wildman–Crippen MR) is 92.6 cm³/mol. The van der Waals surface area contributed by atoms with Crippen molar-refractivity contribution < 1.29 is 14.9 Å². The van der Waals surface area contributed by atoms with Crippen LogP contribution in [0.4, 0.5) is 0 Å². The van der Waals surface area contributed by atoms with Gasteiger partial charge in [-0.3, -0.25) is 5.32 Å². The van der Waals surface area contributed by atoms with Crippen molar-refractivity contribution in [2.75, 3.05) is 6.54 Å². The lowest BCUT2D eigenvalue weighted by atomic mass is 10.2. The summed E-state index contributed by atoms with van der Waals surface area (Å²) in [6.07, 6.45) is 0.553. The molecule has 7 nitrogen and oxygen atoms in total. The van der Waals surface area contributed by atoms with Crippen molar-refractivity contribution in [3.05, 3.63) is 23.2 Å². The Balaban J connectivity index is 2.16. The molecule has 0 aliphatic carbocycles. The van der Waals surface area contributed by atoms with E-state index in [-0.39, 0.29) is 5.28 Å². The Hall–Kier alpha value is -1.25. The van der Waals surface area contributed by atoms with Gasteiger partial charge in [-0.25, -0.2) is 4.98 Å². The van der Waals surface area contributed by atoms with Crippen LogP contribution in [0, 0.1) is 0 Å². The first-order valence-electron chi connectivity index (χ1n) is 8.00. The van der Waals surface area contributed by atoms with Gasteiger partial charge in [-0.05, 0) is 44.9 Å². The Morgan fingerprint density at radius 2 is 2.08 bits per heavy atom. The highest BCUT2D eigenvalue weighted by Gasteiger charge is 2.18. The van der Waals surface area contributed by atoms with Gasteiger partial charge in [0.15, 0.2) is 0 Å². The summed E-state index contributed by atoms with van der Waals surface area (Å²) < 4.78 is 7.28. The fraction of sp³-hybridized carbons (Fsp3) is 0.625. The molecule has 2 unspecified atom stereocenters. The number of aromatic nitrogens is 3. The molecule has 0 aromatic carbocycles. The van der Waals surface area contributed by atoms with Crippen molar-refractivity contribution in [1.29, 1.82) is 0 Å². The van der Waals surface area contributed by atoms with Gasteiger partial charge >= 0.3 is 0 Å². The van der Waals surface area contributed by atoms with Crippen molar-refractivity contribution in [2.45, 2.75) is 58.8 Å². The van der Waals surface area contributed by atoms with Crippen LogP contribution in [-0.4, -0.2) is 43.3 Å². The zero-order valence-corrected chi connectivity index (χ0v) is 15.2. The molecule has 0 aliphatic rings. The van der Waals surface area contributed by atoms with Crippen LogP contribution in [-0.2, 0) is 11.3 Å². The van der Waals surface area contributed by atoms with E-state index < -0.39 is 18.1 Å². The lowest BCUT2D eigenvalue weighted by Gasteiger charge is -2.24. The predicted octanol–water partition coefficient (Wildman–Crippen LogP) is 2.21. The van der Waals surface area contributed by atoms with Crippen LogP contribution in [0.3, 0.4) is 0 Å². The van der Waals surface area contributed by atoms with Crippen LogP contribution in [0.15, 0.2) is 12.3 Å². The molecule has 8 heteroatoms. The summed E-state index contributed by atoms with van der Waals surface area (Å²) in [4.78, 5) is 8.23. The van der Waals surface area contributed by atoms with E-state index in [0.29, 0.717) is 25.2 Å². The summed E-state index contributed by atoms with van der Waals surface area (Å²) in [5.74, 6) is 0. The van der Waals surface area contributed by atoms with E-state index in [1.807, 2.05) is 38.3 Å². The van der Waals surface area contributed by atoms with Gasteiger partial charge in [-0.1, -0.05) is 6.92 Å². The average Bonchev–Trinajstić information content (AvgIpc) is 2.83. The number of halogens is 1. The van der Waals surface area contributed by atoms with Gasteiger partial charge in [0.2, 0.25) is 11.7 Å². The maximum atomic E-state index is 10.2. The molecule has 0 spiro atoms. The molecule has 0 bridgehead atoms. The van der Waals surface area contributed by atoms with Crippen molar-refractivity contribution >= 4 is 22.6 Å². The number of aliphatic hydroxyl groups excluding tert-OH is 2. The van der Waals surface area contributed by atoms with Gasteiger partial charge in [-0.2, -0.15) is 4.98 Å². The number of hydrogen-bond acceptors (Lipinski definition) is 6. The molecule has 2 heterocycles. The molecule has 2 rings (SSSR count). The summed E-state index contributed by atoms with van der Waals surface area (Å²) in [7, 11) is 0. The Bertz CT molecular complexity index is 684. The largest absolute Gasteiger partial charge is 0.387 e. The number of rotatable bonds is 7. The molecule has 2 atom stereocenters. The highest BCUT2D eigenvalue weighted by Crippen LogP contribution is 2.25. The third kappa shape index (κ3) is 4.87. The Morgan fingerprint density at radius 1 is 1.38 bits per heavy atom. The molecular formula is C16H25ClN4O3. The normalized spacial score (nSPS) is 15.0. The number of nitrogens with one attached hydrogen (secondary N) is 1. The van der Waals surface area contributed by atoms with E-state index in [1.165, 1.54) is 0 Å². The standard InChI is InChI=1S/C16H25ClN4O3/c1-5-12(22)11-8-10-9-19-14(17)20-13(10)21(11)7-6-18-15(23)24-16(2,3)4/h8-9,12,15,18,22-23H,5-7H2,1-4H3. The van der Waals surface area contributed by atoms with Crippen LogP contribution < -0.4 is 5.32 Å². The van der Waals surface area contributed by atoms with Crippen molar-refractivity contribution in [3.8, 4) is 0 Å². The zero-order chi connectivity index (χ0) is 17.9. The minimum Gasteiger partial charge on any atom is -0.387 e. The molecule has 3 N–H and O–H groups in total. The van der Waals surface area contributed by atoms with E-state index in [1.54, 1.807) is 6.20 Å². The van der Waals surface area contributed by atoms with Crippen LogP contribution in [0.2, 0.25) is 5.28 Å². The van der Waals surface area contributed by atoms with Crippen molar-refractivity contribution in [2.24, 2.45) is 0 Å².